The number of terminal acetylenes is 1. The molecule has 0 aliphatic heterocycles. The number of unbranched alkanes of at least 4 members (excludes halogenated alkanes) is 1. The van der Waals surface area contributed by atoms with Crippen LogP contribution in [0.4, 0.5) is 0 Å². The van der Waals surface area contributed by atoms with Crippen LogP contribution in [0.2, 0.25) is 0 Å². The summed E-state index contributed by atoms with van der Waals surface area (Å²) in [4.78, 5) is 0. The fourth-order valence-corrected chi connectivity index (χ4v) is 1.35. The molecule has 0 heterocycles. The highest BCUT2D eigenvalue weighted by Crippen LogP contribution is 2.19. The molecule has 1 atom stereocenters. The van der Waals surface area contributed by atoms with Crippen LogP contribution in [0.25, 0.3) is 0 Å². The predicted octanol–water partition coefficient (Wildman–Crippen LogP) is 2.83. The van der Waals surface area contributed by atoms with Crippen molar-refractivity contribution in [2.45, 2.75) is 32.3 Å². The first kappa shape index (κ1) is 10.8. The lowest BCUT2D eigenvalue weighted by Crippen LogP contribution is -1.96. The van der Waals surface area contributed by atoms with Crippen LogP contribution in [-0.4, -0.2) is 5.11 Å². The predicted molar refractivity (Wildman–Crippen MR) is 58.8 cm³/mol. The van der Waals surface area contributed by atoms with Gasteiger partial charge in [-0.05, 0) is 25.3 Å². The lowest BCUT2D eigenvalue weighted by atomic mass is 10.0. The standard InChI is InChI=1S/C13H16O/c1-3-4-5-6-13(14)12-9-7-11(2)8-10-12/h1,7-10,13-14H,4-6H2,2H3. The Balaban J connectivity index is 2.48. The third-order valence-electron chi connectivity index (χ3n) is 2.26. The molecule has 1 N–H and O–H groups in total. The topological polar surface area (TPSA) is 20.2 Å². The van der Waals surface area contributed by atoms with Crippen molar-refractivity contribution in [3.63, 3.8) is 0 Å². The highest BCUT2D eigenvalue weighted by atomic mass is 16.3. The van der Waals surface area contributed by atoms with Crippen LogP contribution < -0.4 is 0 Å². The van der Waals surface area contributed by atoms with Crippen molar-refractivity contribution >= 4 is 0 Å². The van der Waals surface area contributed by atoms with Gasteiger partial charge in [0, 0.05) is 6.42 Å². The molecule has 1 unspecified atom stereocenters. The van der Waals surface area contributed by atoms with E-state index in [0.29, 0.717) is 0 Å². The molecular formula is C13H16O. The van der Waals surface area contributed by atoms with Crippen LogP contribution >= 0.6 is 0 Å². The minimum absolute atomic E-state index is 0.371. The summed E-state index contributed by atoms with van der Waals surface area (Å²) in [5, 5.41) is 9.77. The van der Waals surface area contributed by atoms with E-state index in [1.165, 1.54) is 5.56 Å². The minimum Gasteiger partial charge on any atom is -0.388 e. The van der Waals surface area contributed by atoms with Gasteiger partial charge in [0.1, 0.15) is 0 Å². The van der Waals surface area contributed by atoms with Gasteiger partial charge in [-0.15, -0.1) is 12.3 Å². The van der Waals surface area contributed by atoms with Crippen LogP contribution in [0, 0.1) is 19.3 Å². The number of hydrogen-bond donors (Lipinski definition) is 1. The third-order valence-corrected chi connectivity index (χ3v) is 2.26. The maximum atomic E-state index is 9.77. The van der Waals surface area contributed by atoms with Gasteiger partial charge in [0.25, 0.3) is 0 Å². The van der Waals surface area contributed by atoms with Crippen molar-refractivity contribution in [2.75, 3.05) is 0 Å². The van der Waals surface area contributed by atoms with E-state index in [0.717, 1.165) is 24.8 Å². The zero-order chi connectivity index (χ0) is 10.4. The largest absolute Gasteiger partial charge is 0.388 e. The lowest BCUT2D eigenvalue weighted by Gasteiger charge is -2.09. The van der Waals surface area contributed by atoms with Crippen molar-refractivity contribution in [1.82, 2.24) is 0 Å². The molecule has 0 saturated carbocycles. The second kappa shape index (κ2) is 5.47. The van der Waals surface area contributed by atoms with Crippen LogP contribution in [0.5, 0.6) is 0 Å². The molecule has 0 aliphatic carbocycles. The maximum absolute atomic E-state index is 9.77. The minimum atomic E-state index is -0.371. The molecule has 1 heteroatoms. The Morgan fingerprint density at radius 3 is 2.57 bits per heavy atom. The summed E-state index contributed by atoms with van der Waals surface area (Å²) in [5.74, 6) is 2.57. The van der Waals surface area contributed by atoms with E-state index >= 15 is 0 Å². The molecule has 0 aromatic heterocycles. The second-order valence-electron chi connectivity index (χ2n) is 3.52. The molecule has 0 aliphatic rings. The number of rotatable bonds is 4. The Bertz CT molecular complexity index is 305. The molecule has 14 heavy (non-hydrogen) atoms. The van der Waals surface area contributed by atoms with E-state index in [1.54, 1.807) is 0 Å². The number of aryl methyl sites for hydroxylation is 1. The van der Waals surface area contributed by atoms with Crippen LogP contribution in [-0.2, 0) is 0 Å². The normalized spacial score (nSPS) is 12.1. The van der Waals surface area contributed by atoms with Crippen LogP contribution in [0.3, 0.4) is 0 Å². The van der Waals surface area contributed by atoms with Gasteiger partial charge < -0.3 is 5.11 Å². The number of aliphatic hydroxyl groups is 1. The molecule has 0 radical (unpaired) electrons. The van der Waals surface area contributed by atoms with E-state index in [1.807, 2.05) is 31.2 Å². The van der Waals surface area contributed by atoms with Crippen molar-refractivity contribution < 1.29 is 5.11 Å². The Labute approximate surface area is 85.8 Å². The molecule has 0 bridgehead atoms. The molecule has 0 saturated heterocycles. The van der Waals surface area contributed by atoms with Gasteiger partial charge in [-0.3, -0.25) is 0 Å². The molecule has 0 spiro atoms. The fourth-order valence-electron chi connectivity index (χ4n) is 1.35. The first-order valence-electron chi connectivity index (χ1n) is 4.92. The van der Waals surface area contributed by atoms with Crippen molar-refractivity contribution in [3.8, 4) is 12.3 Å². The monoisotopic (exact) mass is 188 g/mol. The summed E-state index contributed by atoms with van der Waals surface area (Å²) in [6.07, 6.45) is 7.13. The average molecular weight is 188 g/mol. The molecule has 1 nitrogen and oxygen atoms in total. The van der Waals surface area contributed by atoms with E-state index in [-0.39, 0.29) is 6.10 Å². The second-order valence-corrected chi connectivity index (χ2v) is 3.52. The first-order valence-corrected chi connectivity index (χ1v) is 4.92. The maximum Gasteiger partial charge on any atom is 0.0790 e. The highest BCUT2D eigenvalue weighted by molar-refractivity contribution is 5.22. The Morgan fingerprint density at radius 1 is 1.36 bits per heavy atom. The van der Waals surface area contributed by atoms with Crippen molar-refractivity contribution in [2.24, 2.45) is 0 Å². The summed E-state index contributed by atoms with van der Waals surface area (Å²) in [5.41, 5.74) is 2.19. The molecule has 74 valence electrons. The number of hydrogen-bond acceptors (Lipinski definition) is 1. The lowest BCUT2D eigenvalue weighted by molar-refractivity contribution is 0.165. The molecule has 1 aromatic rings. The van der Waals surface area contributed by atoms with E-state index in [9.17, 15) is 5.11 Å². The van der Waals surface area contributed by atoms with Crippen LogP contribution in [0.1, 0.15) is 36.5 Å². The fraction of sp³-hybridized carbons (Fsp3) is 0.385. The summed E-state index contributed by atoms with van der Waals surface area (Å²) in [6.45, 7) is 2.04. The quantitative estimate of drug-likeness (QED) is 0.569. The SMILES string of the molecule is C#CCCCC(O)c1ccc(C)cc1. The van der Waals surface area contributed by atoms with Gasteiger partial charge in [-0.25, -0.2) is 0 Å². The average Bonchev–Trinajstić information content (AvgIpc) is 2.19. The summed E-state index contributed by atoms with van der Waals surface area (Å²) in [6, 6.07) is 7.96. The smallest absolute Gasteiger partial charge is 0.0790 e. The summed E-state index contributed by atoms with van der Waals surface area (Å²) < 4.78 is 0. The van der Waals surface area contributed by atoms with Gasteiger partial charge in [0.2, 0.25) is 0 Å². The zero-order valence-electron chi connectivity index (χ0n) is 8.53. The van der Waals surface area contributed by atoms with E-state index in [4.69, 9.17) is 6.42 Å². The first-order chi connectivity index (χ1) is 6.74. The molecule has 1 aromatic carbocycles. The molecule has 0 fully saturated rings. The van der Waals surface area contributed by atoms with Crippen LogP contribution in [0.15, 0.2) is 24.3 Å². The van der Waals surface area contributed by atoms with Crippen molar-refractivity contribution in [1.29, 1.82) is 0 Å². The van der Waals surface area contributed by atoms with Crippen molar-refractivity contribution in [3.05, 3.63) is 35.4 Å². The van der Waals surface area contributed by atoms with Gasteiger partial charge in [0.05, 0.1) is 6.10 Å². The van der Waals surface area contributed by atoms with Gasteiger partial charge in [0.15, 0.2) is 0 Å². The Hall–Kier alpha value is -1.26. The zero-order valence-corrected chi connectivity index (χ0v) is 8.53. The van der Waals surface area contributed by atoms with Gasteiger partial charge in [-0.2, -0.15) is 0 Å². The molecule has 0 amide bonds. The Morgan fingerprint density at radius 2 is 2.00 bits per heavy atom. The van der Waals surface area contributed by atoms with Gasteiger partial charge >= 0.3 is 0 Å². The highest BCUT2D eigenvalue weighted by Gasteiger charge is 2.05. The third kappa shape index (κ3) is 3.24. The van der Waals surface area contributed by atoms with Gasteiger partial charge in [-0.1, -0.05) is 29.8 Å². The van der Waals surface area contributed by atoms with E-state index in [2.05, 4.69) is 5.92 Å². The number of aliphatic hydroxyl groups excluding tert-OH is 1. The molecular weight excluding hydrogens is 172 g/mol. The Kier molecular flexibility index (Phi) is 4.22. The molecule has 1 rings (SSSR count). The summed E-state index contributed by atoms with van der Waals surface area (Å²) in [7, 11) is 0. The number of benzene rings is 1. The van der Waals surface area contributed by atoms with E-state index < -0.39 is 0 Å². The summed E-state index contributed by atoms with van der Waals surface area (Å²) >= 11 is 0.